The molecule has 6 nitrogen and oxygen atoms in total. The minimum atomic E-state index is -0.504. The molecule has 0 amide bonds. The third-order valence-corrected chi connectivity index (χ3v) is 2.95. The van der Waals surface area contributed by atoms with Crippen molar-refractivity contribution in [3.63, 3.8) is 0 Å². The molecule has 0 aliphatic carbocycles. The Morgan fingerprint density at radius 2 is 1.90 bits per heavy atom. The van der Waals surface area contributed by atoms with Crippen LogP contribution in [0.4, 0.5) is 5.69 Å². The number of nitro benzene ring substituents is 1. The Labute approximate surface area is 124 Å². The summed E-state index contributed by atoms with van der Waals surface area (Å²) in [5.41, 5.74) is 0.268. The van der Waals surface area contributed by atoms with Crippen LogP contribution >= 0.6 is 0 Å². The minimum absolute atomic E-state index is 0.0463. The van der Waals surface area contributed by atoms with Crippen molar-refractivity contribution in [2.75, 3.05) is 13.1 Å². The molecule has 0 bridgehead atoms. The second-order valence-electron chi connectivity index (χ2n) is 5.41. The number of hydrogen-bond donors (Lipinski definition) is 1. The van der Waals surface area contributed by atoms with Gasteiger partial charge in [0.15, 0.2) is 0 Å². The second kappa shape index (κ2) is 8.36. The van der Waals surface area contributed by atoms with Crippen LogP contribution in [-0.2, 0) is 4.74 Å². The zero-order valence-electron chi connectivity index (χ0n) is 12.7. The van der Waals surface area contributed by atoms with Gasteiger partial charge < -0.3 is 10.1 Å². The van der Waals surface area contributed by atoms with Crippen LogP contribution in [0.1, 0.15) is 37.6 Å². The SMILES string of the molecule is CC(C)CCNCC(C)OC(=O)c1ccc([N+](=O)[O-])cc1. The molecule has 1 aromatic rings. The Morgan fingerprint density at radius 1 is 1.29 bits per heavy atom. The van der Waals surface area contributed by atoms with Crippen molar-refractivity contribution in [3.05, 3.63) is 39.9 Å². The van der Waals surface area contributed by atoms with Crippen LogP contribution in [-0.4, -0.2) is 30.1 Å². The molecule has 1 unspecified atom stereocenters. The molecule has 6 heteroatoms. The fourth-order valence-electron chi connectivity index (χ4n) is 1.71. The number of ether oxygens (including phenoxy) is 1. The van der Waals surface area contributed by atoms with E-state index in [0.29, 0.717) is 18.0 Å². The first-order valence-corrected chi connectivity index (χ1v) is 7.06. The van der Waals surface area contributed by atoms with E-state index < -0.39 is 10.9 Å². The lowest BCUT2D eigenvalue weighted by Gasteiger charge is -2.14. The molecule has 1 rings (SSSR count). The smallest absolute Gasteiger partial charge is 0.338 e. The first-order valence-electron chi connectivity index (χ1n) is 7.06. The number of carbonyl (C=O) groups is 1. The van der Waals surface area contributed by atoms with Gasteiger partial charge in [-0.05, 0) is 37.9 Å². The lowest BCUT2D eigenvalue weighted by Crippen LogP contribution is -2.30. The van der Waals surface area contributed by atoms with E-state index in [1.54, 1.807) is 0 Å². The van der Waals surface area contributed by atoms with Gasteiger partial charge in [0, 0.05) is 18.7 Å². The van der Waals surface area contributed by atoms with Gasteiger partial charge in [-0.15, -0.1) is 0 Å². The maximum Gasteiger partial charge on any atom is 0.338 e. The summed E-state index contributed by atoms with van der Waals surface area (Å²) in [6, 6.07) is 5.39. The van der Waals surface area contributed by atoms with Crippen molar-refractivity contribution in [3.8, 4) is 0 Å². The number of esters is 1. The highest BCUT2D eigenvalue weighted by atomic mass is 16.6. The van der Waals surface area contributed by atoms with Crippen molar-refractivity contribution in [1.29, 1.82) is 0 Å². The van der Waals surface area contributed by atoms with Gasteiger partial charge in [0.25, 0.3) is 5.69 Å². The average molecular weight is 294 g/mol. The topological polar surface area (TPSA) is 81.5 Å². The lowest BCUT2D eigenvalue weighted by atomic mass is 10.1. The zero-order valence-corrected chi connectivity index (χ0v) is 12.7. The van der Waals surface area contributed by atoms with Gasteiger partial charge >= 0.3 is 5.97 Å². The number of benzene rings is 1. The van der Waals surface area contributed by atoms with Crippen molar-refractivity contribution in [1.82, 2.24) is 5.32 Å². The van der Waals surface area contributed by atoms with Crippen LogP contribution in [0.2, 0.25) is 0 Å². The monoisotopic (exact) mass is 294 g/mol. The van der Waals surface area contributed by atoms with Crippen LogP contribution in [0.5, 0.6) is 0 Å². The van der Waals surface area contributed by atoms with Gasteiger partial charge in [-0.2, -0.15) is 0 Å². The number of nitrogens with one attached hydrogen (secondary N) is 1. The molecule has 1 atom stereocenters. The van der Waals surface area contributed by atoms with Gasteiger partial charge in [-0.1, -0.05) is 13.8 Å². The van der Waals surface area contributed by atoms with Crippen LogP contribution in [0.25, 0.3) is 0 Å². The predicted octanol–water partition coefficient (Wildman–Crippen LogP) is 2.78. The summed E-state index contributed by atoms with van der Waals surface area (Å²) < 4.78 is 5.27. The highest BCUT2D eigenvalue weighted by Gasteiger charge is 2.13. The second-order valence-corrected chi connectivity index (χ2v) is 5.41. The molecular weight excluding hydrogens is 272 g/mol. The van der Waals surface area contributed by atoms with Crippen molar-refractivity contribution in [2.24, 2.45) is 5.92 Å². The summed E-state index contributed by atoms with van der Waals surface area (Å²) in [5, 5.41) is 13.8. The van der Waals surface area contributed by atoms with E-state index in [2.05, 4.69) is 19.2 Å². The van der Waals surface area contributed by atoms with E-state index in [1.807, 2.05) is 6.92 Å². The Morgan fingerprint density at radius 3 is 2.43 bits per heavy atom. The first-order chi connectivity index (χ1) is 9.90. The zero-order chi connectivity index (χ0) is 15.8. The fraction of sp³-hybridized carbons (Fsp3) is 0.533. The van der Waals surface area contributed by atoms with Gasteiger partial charge in [-0.3, -0.25) is 10.1 Å². The van der Waals surface area contributed by atoms with E-state index in [1.165, 1.54) is 24.3 Å². The molecule has 1 N–H and O–H groups in total. The van der Waals surface area contributed by atoms with E-state index in [0.717, 1.165) is 13.0 Å². The maximum absolute atomic E-state index is 11.9. The molecule has 1 aromatic carbocycles. The standard InChI is InChI=1S/C15H22N2O4/c1-11(2)8-9-16-10-12(3)21-15(18)13-4-6-14(7-5-13)17(19)20/h4-7,11-12,16H,8-10H2,1-3H3. The van der Waals surface area contributed by atoms with Crippen LogP contribution < -0.4 is 5.32 Å². The van der Waals surface area contributed by atoms with E-state index in [-0.39, 0.29) is 11.8 Å². The molecule has 0 aliphatic heterocycles. The molecular formula is C15H22N2O4. The van der Waals surface area contributed by atoms with Gasteiger partial charge in [0.1, 0.15) is 6.10 Å². The number of non-ortho nitro benzene ring substituents is 1. The van der Waals surface area contributed by atoms with E-state index >= 15 is 0 Å². The fourth-order valence-corrected chi connectivity index (χ4v) is 1.71. The Bertz CT molecular complexity index is 471. The quantitative estimate of drug-likeness (QED) is 0.345. The summed E-state index contributed by atoms with van der Waals surface area (Å²) >= 11 is 0. The van der Waals surface area contributed by atoms with Crippen molar-refractivity contribution in [2.45, 2.75) is 33.3 Å². The van der Waals surface area contributed by atoms with E-state index in [4.69, 9.17) is 4.74 Å². The Balaban J connectivity index is 2.39. The Kier molecular flexibility index (Phi) is 6.81. The summed E-state index contributed by atoms with van der Waals surface area (Å²) in [7, 11) is 0. The number of nitrogens with zero attached hydrogens (tertiary/aromatic N) is 1. The third kappa shape index (κ3) is 6.35. The number of nitro groups is 1. The molecule has 0 fully saturated rings. The normalized spacial score (nSPS) is 12.2. The number of rotatable bonds is 8. The molecule has 0 radical (unpaired) electrons. The maximum atomic E-state index is 11.9. The molecule has 0 heterocycles. The first kappa shape index (κ1) is 17.1. The molecule has 21 heavy (non-hydrogen) atoms. The van der Waals surface area contributed by atoms with Crippen LogP contribution in [0, 0.1) is 16.0 Å². The molecule has 0 spiro atoms. The van der Waals surface area contributed by atoms with E-state index in [9.17, 15) is 14.9 Å². The molecule has 0 aromatic heterocycles. The summed E-state index contributed by atoms with van der Waals surface area (Å²) in [6.45, 7) is 7.59. The highest BCUT2D eigenvalue weighted by Crippen LogP contribution is 2.13. The lowest BCUT2D eigenvalue weighted by molar-refractivity contribution is -0.384. The number of carbonyl (C=O) groups excluding carboxylic acids is 1. The van der Waals surface area contributed by atoms with Gasteiger partial charge in [0.05, 0.1) is 10.5 Å². The highest BCUT2D eigenvalue weighted by molar-refractivity contribution is 5.89. The summed E-state index contributed by atoms with van der Waals surface area (Å²) in [5.74, 6) is 0.165. The summed E-state index contributed by atoms with van der Waals surface area (Å²) in [4.78, 5) is 21.9. The summed E-state index contributed by atoms with van der Waals surface area (Å²) in [6.07, 6.45) is 0.822. The number of hydrogen-bond acceptors (Lipinski definition) is 5. The van der Waals surface area contributed by atoms with Gasteiger partial charge in [0.2, 0.25) is 0 Å². The molecule has 0 saturated carbocycles. The van der Waals surface area contributed by atoms with Crippen LogP contribution in [0.15, 0.2) is 24.3 Å². The molecule has 0 aliphatic rings. The van der Waals surface area contributed by atoms with Crippen LogP contribution in [0.3, 0.4) is 0 Å². The van der Waals surface area contributed by atoms with Gasteiger partial charge in [-0.25, -0.2) is 4.79 Å². The predicted molar refractivity (Wildman–Crippen MR) is 80.3 cm³/mol. The minimum Gasteiger partial charge on any atom is -0.458 e. The third-order valence-electron chi connectivity index (χ3n) is 2.95. The van der Waals surface area contributed by atoms with Crippen molar-refractivity contribution < 1.29 is 14.5 Å². The largest absolute Gasteiger partial charge is 0.458 e. The molecule has 0 saturated heterocycles. The average Bonchev–Trinajstić information content (AvgIpc) is 2.43. The Hall–Kier alpha value is -1.95. The molecule has 116 valence electrons. The van der Waals surface area contributed by atoms with Crippen molar-refractivity contribution >= 4 is 11.7 Å².